The molecule has 2 fully saturated rings. The van der Waals surface area contributed by atoms with E-state index in [0.29, 0.717) is 95.3 Å². The van der Waals surface area contributed by atoms with E-state index in [1.807, 2.05) is 74.0 Å². The molecule has 3 amide bonds. The van der Waals surface area contributed by atoms with Gasteiger partial charge in [-0.2, -0.15) is 4.98 Å². The van der Waals surface area contributed by atoms with Gasteiger partial charge in [0.05, 0.1) is 81.3 Å². The molecule has 0 aliphatic carbocycles. The zero-order valence-electron chi connectivity index (χ0n) is 40.0. The van der Waals surface area contributed by atoms with Crippen molar-refractivity contribution < 1.29 is 47.2 Å². The summed E-state index contributed by atoms with van der Waals surface area (Å²) in [4.78, 5) is 60.7. The molecule has 69 heavy (non-hydrogen) atoms. The highest BCUT2D eigenvalue weighted by Gasteiger charge is 2.37. The summed E-state index contributed by atoms with van der Waals surface area (Å²) < 4.78 is 39.8. The number of fused-ring (bicyclic) bond motifs is 1. The van der Waals surface area contributed by atoms with E-state index >= 15 is 0 Å². The predicted octanol–water partition coefficient (Wildman–Crippen LogP) is 5.41. The molecule has 2 aliphatic heterocycles. The second kappa shape index (κ2) is 26.9. The van der Waals surface area contributed by atoms with Crippen molar-refractivity contribution in [2.75, 3.05) is 104 Å². The number of unbranched alkanes of at least 4 members (excludes halogenated alkanes) is 1. The number of nitrogens with one attached hydrogen (secondary N) is 2. The fourth-order valence-electron chi connectivity index (χ4n) is 8.14. The number of amides is 3. The van der Waals surface area contributed by atoms with Gasteiger partial charge in [-0.3, -0.25) is 24.3 Å². The van der Waals surface area contributed by atoms with Crippen LogP contribution in [0.3, 0.4) is 0 Å². The highest BCUT2D eigenvalue weighted by Crippen LogP contribution is 2.29. The Morgan fingerprint density at radius 2 is 1.61 bits per heavy atom. The Labute approximate surface area is 407 Å². The third-order valence-corrected chi connectivity index (χ3v) is 13.0. The zero-order chi connectivity index (χ0) is 48.2. The van der Waals surface area contributed by atoms with Gasteiger partial charge in [0.2, 0.25) is 17.7 Å². The molecule has 0 spiro atoms. The second-order valence-electron chi connectivity index (χ2n) is 17.0. The van der Waals surface area contributed by atoms with Crippen LogP contribution in [0.1, 0.15) is 56.0 Å². The first kappa shape index (κ1) is 51.2. The Hall–Kier alpha value is -5.70. The number of hydrogen-bond acceptors (Lipinski definition) is 16. The summed E-state index contributed by atoms with van der Waals surface area (Å²) in [7, 11) is 1.61. The molecule has 0 saturated carbocycles. The summed E-state index contributed by atoms with van der Waals surface area (Å²) in [5.41, 5.74) is 7.15. The van der Waals surface area contributed by atoms with Gasteiger partial charge in [-0.25, -0.2) is 4.98 Å². The molecule has 2 saturated heterocycles. The van der Waals surface area contributed by atoms with Gasteiger partial charge in [0.15, 0.2) is 5.58 Å². The number of carbonyl (C=O) groups excluding carboxylic acids is 3. The Kier molecular flexibility index (Phi) is 19.9. The van der Waals surface area contributed by atoms with Crippen molar-refractivity contribution in [3.63, 3.8) is 0 Å². The van der Waals surface area contributed by atoms with Crippen LogP contribution in [-0.2, 0) is 46.5 Å². The summed E-state index contributed by atoms with van der Waals surface area (Å²) in [5, 5.41) is 5.89. The van der Waals surface area contributed by atoms with Crippen LogP contribution in [0.25, 0.3) is 21.5 Å². The Bertz CT molecular complexity index is 2360. The fourth-order valence-corrected chi connectivity index (χ4v) is 8.95. The third kappa shape index (κ3) is 15.4. The molecule has 0 radical (unpaired) electrons. The van der Waals surface area contributed by atoms with Crippen molar-refractivity contribution >= 4 is 46.2 Å². The van der Waals surface area contributed by atoms with Gasteiger partial charge in [0.1, 0.15) is 42.3 Å². The van der Waals surface area contributed by atoms with Crippen molar-refractivity contribution in [3.8, 4) is 21.9 Å². The highest BCUT2D eigenvalue weighted by molar-refractivity contribution is 7.13. The van der Waals surface area contributed by atoms with Crippen molar-refractivity contribution in [1.82, 2.24) is 35.4 Å². The van der Waals surface area contributed by atoms with E-state index in [0.717, 1.165) is 84.9 Å². The number of benzene rings is 2. The molecular weight excluding hydrogens is 905 g/mol. The summed E-state index contributed by atoms with van der Waals surface area (Å²) in [6.45, 7) is 12.0. The number of ether oxygens (including phenoxy) is 6. The number of thiazole rings is 1. The van der Waals surface area contributed by atoms with E-state index < -0.39 is 12.1 Å². The molecule has 5 heterocycles. The molecule has 2 N–H and O–H groups in total. The number of oxazole rings is 1. The van der Waals surface area contributed by atoms with Gasteiger partial charge in [0, 0.05) is 51.9 Å². The highest BCUT2D eigenvalue weighted by atomic mass is 32.1. The van der Waals surface area contributed by atoms with Crippen molar-refractivity contribution in [2.24, 2.45) is 0 Å². The maximum atomic E-state index is 13.8. The van der Waals surface area contributed by atoms with E-state index in [1.165, 1.54) is 0 Å². The summed E-state index contributed by atoms with van der Waals surface area (Å²) >= 11 is 1.60. The molecule has 5 aromatic rings. The van der Waals surface area contributed by atoms with Crippen LogP contribution < -0.4 is 25.0 Å². The zero-order valence-corrected chi connectivity index (χ0v) is 40.8. The number of methoxy groups -OCH3 is 1. The molecule has 18 nitrogen and oxygen atoms in total. The smallest absolute Gasteiger partial charge is 0.298 e. The average Bonchev–Trinajstić information content (AvgIpc) is 4.16. The molecule has 2 aromatic carbocycles. The summed E-state index contributed by atoms with van der Waals surface area (Å²) in [5.74, 6) is 0.597. The lowest BCUT2D eigenvalue weighted by atomic mass is 10.1. The minimum atomic E-state index is -0.731. The van der Waals surface area contributed by atoms with Gasteiger partial charge in [-0.05, 0) is 61.6 Å². The van der Waals surface area contributed by atoms with Gasteiger partial charge in [-0.1, -0.05) is 44.0 Å². The number of piperazine rings is 1. The number of likely N-dealkylation sites (tertiary alicyclic amines) is 1. The second-order valence-corrected chi connectivity index (χ2v) is 17.8. The van der Waals surface area contributed by atoms with Crippen LogP contribution in [-0.4, -0.2) is 154 Å². The van der Waals surface area contributed by atoms with Gasteiger partial charge in [0.25, 0.3) is 6.01 Å². The van der Waals surface area contributed by atoms with Gasteiger partial charge >= 0.3 is 0 Å². The third-order valence-electron chi connectivity index (χ3n) is 12.1. The van der Waals surface area contributed by atoms with Crippen LogP contribution in [0.15, 0.2) is 70.7 Å². The first-order valence-corrected chi connectivity index (χ1v) is 24.8. The Morgan fingerprint density at radius 3 is 2.30 bits per heavy atom. The summed E-state index contributed by atoms with van der Waals surface area (Å²) in [6.07, 6.45) is 5.08. The molecule has 0 unspecified atom stereocenters. The van der Waals surface area contributed by atoms with E-state index in [2.05, 4.69) is 30.4 Å². The maximum absolute atomic E-state index is 13.8. The standard InChI is InChI=1S/C50H66N8O10S/c1-4-5-7-42(49(61)58-17-6-8-44(58)48(60)52-31-37-9-11-38(12-10-37)47-36(2)53-35-69-47)54-46(59)34-66-29-28-65-27-26-64-25-24-63-23-22-56-18-20-57(21-19-56)50-55-43-30-40(15-16-45(43)68-50)67-33-39-13-14-41(62-3)32-51-39/h9-16,30,32,35,42,44H,4-8,17-29,31,33-34H2,1-3H3,(H,52,60)(H,54,59)/t42-,44-/m0/s1. The first-order valence-electron chi connectivity index (χ1n) is 24.0. The molecular formula is C50H66N8O10S. The fraction of sp³-hybridized carbons (Fsp3) is 0.520. The Balaban J connectivity index is 0.692. The van der Waals surface area contributed by atoms with Crippen LogP contribution in [0, 0.1) is 6.92 Å². The summed E-state index contributed by atoms with van der Waals surface area (Å²) in [6, 6.07) is 16.7. The molecule has 372 valence electrons. The number of nitrogens with zero attached hydrogens (tertiary/aromatic N) is 6. The van der Waals surface area contributed by atoms with Crippen molar-refractivity contribution in [3.05, 3.63) is 83.3 Å². The first-order chi connectivity index (χ1) is 33.8. The molecule has 19 heteroatoms. The molecule has 7 rings (SSSR count). The molecule has 2 aliphatic rings. The van der Waals surface area contributed by atoms with Crippen molar-refractivity contribution in [1.29, 1.82) is 0 Å². The molecule has 3 aromatic heterocycles. The van der Waals surface area contributed by atoms with E-state index in [1.54, 1.807) is 29.5 Å². The number of aryl methyl sites for hydroxylation is 1. The minimum Gasteiger partial charge on any atom is -0.495 e. The lowest BCUT2D eigenvalue weighted by Gasteiger charge is -2.33. The quantitative estimate of drug-likeness (QED) is 0.0605. The molecule has 0 bridgehead atoms. The number of anilines is 1. The largest absolute Gasteiger partial charge is 0.495 e. The number of carbonyl (C=O) groups is 3. The minimum absolute atomic E-state index is 0.189. The van der Waals surface area contributed by atoms with E-state index in [4.69, 9.17) is 37.8 Å². The van der Waals surface area contributed by atoms with E-state index in [9.17, 15) is 14.4 Å². The number of hydrogen-bond donors (Lipinski definition) is 2. The topological polar surface area (TPSA) is 192 Å². The lowest BCUT2D eigenvalue weighted by molar-refractivity contribution is -0.142. The van der Waals surface area contributed by atoms with Crippen molar-refractivity contribution in [2.45, 2.75) is 71.2 Å². The van der Waals surface area contributed by atoms with Gasteiger partial charge < -0.3 is 53.3 Å². The van der Waals surface area contributed by atoms with Crippen LogP contribution in [0.4, 0.5) is 6.01 Å². The normalized spacial score (nSPS) is 15.7. The van der Waals surface area contributed by atoms with Crippen LogP contribution >= 0.6 is 11.3 Å². The number of rotatable bonds is 28. The Morgan fingerprint density at radius 1 is 0.870 bits per heavy atom. The number of pyridine rings is 1. The molecule has 2 atom stereocenters. The van der Waals surface area contributed by atoms with Crippen LogP contribution in [0.2, 0.25) is 0 Å². The monoisotopic (exact) mass is 970 g/mol. The number of aromatic nitrogens is 3. The van der Waals surface area contributed by atoms with E-state index in [-0.39, 0.29) is 30.9 Å². The SMILES string of the molecule is CCCC[C@H](NC(=O)COCCOCCOCCOCCN1CCN(c2nc3cc(OCc4ccc(OC)cn4)ccc3o2)CC1)C(=O)N1CCC[C@H]1C(=O)NCc1ccc(-c2scnc2C)cc1. The van der Waals surface area contributed by atoms with Gasteiger partial charge in [-0.15, -0.1) is 11.3 Å². The maximum Gasteiger partial charge on any atom is 0.298 e. The van der Waals surface area contributed by atoms with Crippen LogP contribution in [0.5, 0.6) is 11.5 Å². The predicted molar refractivity (Wildman–Crippen MR) is 261 cm³/mol. The lowest BCUT2D eigenvalue weighted by Crippen LogP contribution is -2.53. The average molecular weight is 971 g/mol.